The van der Waals surface area contributed by atoms with Gasteiger partial charge in [-0.3, -0.25) is 52.7 Å². The number of carbonyl (C=O) groups excluding carboxylic acids is 10. The minimum atomic E-state index is -2.04. The first-order valence-electron chi connectivity index (χ1n) is 33.9. The first-order valence-corrected chi connectivity index (χ1v) is 36.2. The number of methoxy groups -OCH3 is 1. The summed E-state index contributed by atoms with van der Waals surface area (Å²) in [5, 5.41) is 29.6. The van der Waals surface area contributed by atoms with E-state index in [9.17, 15) is 43.1 Å². The highest BCUT2D eigenvalue weighted by molar-refractivity contribution is 7.98. The molecule has 1 saturated heterocycles. The van der Waals surface area contributed by atoms with Crippen molar-refractivity contribution in [2.75, 3.05) is 31.7 Å². The lowest BCUT2D eigenvalue weighted by Crippen LogP contribution is -2.63. The molecule has 0 spiro atoms. The fourth-order valence-corrected chi connectivity index (χ4v) is 14.6. The summed E-state index contributed by atoms with van der Waals surface area (Å²) in [6.45, 7) is 3.27. The molecular formula is C72H86F2N14O13S2. The number of nitrogens with two attached hydrogens (primary N) is 2. The van der Waals surface area contributed by atoms with Crippen molar-refractivity contribution in [3.05, 3.63) is 155 Å². The molecule has 3 aromatic heterocycles. The highest BCUT2D eigenvalue weighted by atomic mass is 32.2. The van der Waals surface area contributed by atoms with Crippen LogP contribution in [0.4, 0.5) is 8.78 Å². The second kappa shape index (κ2) is 36.1. The zero-order chi connectivity index (χ0) is 73.9. The number of halogens is 2. The molecule has 2 aliphatic heterocycles. The zero-order valence-corrected chi connectivity index (χ0v) is 58.8. The average Bonchev–Trinajstić information content (AvgIpc) is 1.69. The molecule has 4 aromatic carbocycles. The molecule has 1 unspecified atom stereocenters. The number of amides is 9. The Balaban J connectivity index is 1.07. The number of unbranched alkanes of at least 4 members (excludes halogenated alkanes) is 1. The molecular weight excluding hydrogens is 1370 g/mol. The molecule has 7 aromatic rings. The number of hydrogen-bond acceptors (Lipinski definition) is 16. The zero-order valence-electron chi connectivity index (χ0n) is 57.2. The average molecular weight is 1460 g/mol. The predicted molar refractivity (Wildman–Crippen MR) is 382 cm³/mol. The van der Waals surface area contributed by atoms with E-state index in [4.69, 9.17) is 16.2 Å². The van der Waals surface area contributed by atoms with Crippen molar-refractivity contribution >= 4 is 110 Å². The summed E-state index contributed by atoms with van der Waals surface area (Å²) in [5.41, 5.74) is 14.3. The number of aromatic nitrogens is 4. The quantitative estimate of drug-likeness (QED) is 0.0609. The summed E-state index contributed by atoms with van der Waals surface area (Å²) >= 11 is 2.85. The van der Waals surface area contributed by atoms with E-state index in [0.717, 1.165) is 11.1 Å². The molecule has 27 nitrogen and oxygen atoms in total. The molecule has 548 valence electrons. The van der Waals surface area contributed by atoms with Gasteiger partial charge in [0, 0.05) is 120 Å². The van der Waals surface area contributed by atoms with Crippen LogP contribution >= 0.6 is 23.5 Å². The number of carboxylic acids is 1. The van der Waals surface area contributed by atoms with E-state index in [1.807, 2.05) is 24.3 Å². The predicted octanol–water partition coefficient (Wildman–Crippen LogP) is 3.96. The maximum atomic E-state index is 15.3. The van der Waals surface area contributed by atoms with Crippen LogP contribution < -0.4 is 53.4 Å². The largest absolute Gasteiger partial charge is 0.497 e. The van der Waals surface area contributed by atoms with Gasteiger partial charge in [0.05, 0.1) is 19.9 Å². The van der Waals surface area contributed by atoms with Crippen LogP contribution in [-0.4, -0.2) is 174 Å². The van der Waals surface area contributed by atoms with Crippen molar-refractivity contribution in [2.45, 2.75) is 150 Å². The lowest BCUT2D eigenvalue weighted by atomic mass is 9.94. The number of nitrogens with zero attached hydrogens (tertiary/aromatic N) is 2. The van der Waals surface area contributed by atoms with Gasteiger partial charge in [0.15, 0.2) is 0 Å². The van der Waals surface area contributed by atoms with Gasteiger partial charge in [-0.05, 0) is 122 Å². The van der Waals surface area contributed by atoms with Crippen LogP contribution in [0.25, 0.3) is 21.8 Å². The highest BCUT2D eigenvalue weighted by Gasteiger charge is 2.49. The van der Waals surface area contributed by atoms with Crippen LogP contribution in [-0.2, 0) is 89.9 Å². The van der Waals surface area contributed by atoms with E-state index in [2.05, 4.69) is 57.2 Å². The summed E-state index contributed by atoms with van der Waals surface area (Å²) < 4.78 is 35.3. The second-order valence-corrected chi connectivity index (χ2v) is 28.2. The number of nitrogens with one attached hydrogen (secondary N) is 10. The Kier molecular flexibility index (Phi) is 27.0. The Morgan fingerprint density at radius 1 is 0.680 bits per heavy atom. The minimum Gasteiger partial charge on any atom is -0.497 e. The SMILES string of the molecule is COc1ccc(C[C@@H]2NC(=O)[C@H](Cc3cnc[nH]3)NC(=O)[C@H](CC(=O)O)NC(=O)[C@H](Cc3c[nH]c4ccc(F)cc34)NC(=O)[C@H](Cc3c[nH]c4ccc(F)cc34)NC(=O)[C@@H](C)NC(=O)[C@H](CCCCN)CC(=O)CCSCc3cccc(c3)CSC[C@@H](C(N)=O)NC(=O)C3(C)CCCN3C2=O)cc1. The van der Waals surface area contributed by atoms with E-state index in [0.29, 0.717) is 76.4 Å². The van der Waals surface area contributed by atoms with E-state index < -0.39 is 137 Å². The normalized spacial score (nSPS) is 23.3. The molecule has 103 heavy (non-hydrogen) atoms. The molecule has 0 aliphatic carbocycles. The maximum Gasteiger partial charge on any atom is 0.305 e. The number of ether oxygens (including phenoxy) is 1. The van der Waals surface area contributed by atoms with Gasteiger partial charge in [-0.15, -0.1) is 0 Å². The summed E-state index contributed by atoms with van der Waals surface area (Å²) in [6.07, 6.45) is 4.81. The fourth-order valence-electron chi connectivity index (χ4n) is 12.7. The molecule has 9 rings (SSSR count). The minimum absolute atomic E-state index is 0.0383. The smallest absolute Gasteiger partial charge is 0.305 e. The number of aliphatic carboxylic acids is 1. The first kappa shape index (κ1) is 77.0. The maximum absolute atomic E-state index is 15.3. The monoisotopic (exact) mass is 1460 g/mol. The lowest BCUT2D eigenvalue weighted by Gasteiger charge is -2.37. The Morgan fingerprint density at radius 3 is 1.84 bits per heavy atom. The van der Waals surface area contributed by atoms with Gasteiger partial charge in [0.1, 0.15) is 71.0 Å². The Bertz CT molecular complexity index is 4210. The number of Topliss-reactive ketones (excluding diaryl/α,β-unsaturated/α-hetero) is 1. The number of carbonyl (C=O) groups is 11. The van der Waals surface area contributed by atoms with Gasteiger partial charge in [0.2, 0.25) is 53.2 Å². The van der Waals surface area contributed by atoms with Crippen molar-refractivity contribution in [1.82, 2.24) is 62.1 Å². The lowest BCUT2D eigenvalue weighted by molar-refractivity contribution is -0.147. The van der Waals surface area contributed by atoms with Gasteiger partial charge in [-0.25, -0.2) is 13.8 Å². The number of primary amides is 1. The molecule has 15 N–H and O–H groups in total. The molecule has 2 aliphatic rings. The summed E-state index contributed by atoms with van der Waals surface area (Å²) in [6, 6.07) is 10.9. The molecule has 5 heterocycles. The third-order valence-corrected chi connectivity index (χ3v) is 20.5. The number of imidazole rings is 1. The number of aromatic amines is 3. The number of fused-ring (bicyclic) bond motifs is 5. The van der Waals surface area contributed by atoms with Gasteiger partial charge in [0.25, 0.3) is 0 Å². The Morgan fingerprint density at radius 2 is 1.26 bits per heavy atom. The van der Waals surface area contributed by atoms with E-state index in [-0.39, 0.29) is 79.7 Å². The second-order valence-electron chi connectivity index (χ2n) is 26.0. The van der Waals surface area contributed by atoms with Crippen molar-refractivity contribution in [3.8, 4) is 5.75 Å². The van der Waals surface area contributed by atoms with Crippen LogP contribution in [0, 0.1) is 17.6 Å². The third kappa shape index (κ3) is 21.0. The molecule has 2 bridgehead atoms. The molecule has 9 amide bonds. The third-order valence-electron chi connectivity index (χ3n) is 18.4. The van der Waals surface area contributed by atoms with Crippen LogP contribution in [0.3, 0.4) is 0 Å². The van der Waals surface area contributed by atoms with E-state index >= 15 is 23.6 Å². The van der Waals surface area contributed by atoms with Crippen LogP contribution in [0.1, 0.15) is 98.7 Å². The van der Waals surface area contributed by atoms with Crippen LogP contribution in [0.2, 0.25) is 0 Å². The Hall–Kier alpha value is -10.1. The first-order chi connectivity index (χ1) is 49.4. The van der Waals surface area contributed by atoms with Gasteiger partial charge in [-0.1, -0.05) is 42.8 Å². The summed E-state index contributed by atoms with van der Waals surface area (Å²) in [5.74, 6) is -10.3. The fraction of sp³-hybridized carbons (Fsp3) is 0.417. The Labute approximate surface area is 600 Å². The van der Waals surface area contributed by atoms with Gasteiger partial charge >= 0.3 is 5.97 Å². The molecule has 0 saturated carbocycles. The molecule has 0 radical (unpaired) electrons. The number of ketones is 1. The number of hydrogen-bond donors (Lipinski definition) is 13. The molecule has 1 fully saturated rings. The molecule has 31 heteroatoms. The van der Waals surface area contributed by atoms with Crippen LogP contribution in [0.5, 0.6) is 5.75 Å². The van der Waals surface area contributed by atoms with Crippen LogP contribution in [0.15, 0.2) is 110 Å². The van der Waals surface area contributed by atoms with Crippen molar-refractivity contribution < 1.29 is 71.4 Å². The van der Waals surface area contributed by atoms with E-state index in [1.54, 1.807) is 31.2 Å². The number of carboxylic acid groups (broad SMARTS) is 1. The number of thioether (sulfide) groups is 2. The standard InChI is InChI=1S/C72H86F2N14O13S2/c1-40-64(93)82-56(27-45-33-78-54-17-13-47(73)29-52(45)54)66(95)83-57(28-46-34-79-55-18-14-48(74)30-53(46)55)67(96)85-59(32-62(90)91)69(98)84-58(31-49-35-77-39-80-49)68(97)86-60(25-41-11-15-51(101-3)16-12-41)70(99)88-22-7-20-72(88,2)71(100)87-61(63(76)92)38-103-37-43-9-6-8-42(24-43)36-102-23-19-50(89)26-44(65(94)81-40)10-4-5-21-75/h6,8-9,11-18,24,29-30,33-35,39-40,44,56-61,78-79H,4-5,7,10,19-23,25-28,31-32,36-38,75H2,1-3H3,(H2,76,92)(H,77,80)(H,81,94)(H,82,93)(H,83,95)(H,84,98)(H,85,96)(H,86,97)(H,87,100)(H,90,91)/t40-,44-,56+,57+,58+,59+,60+,61+,72?/m1/s1. The topological polar surface area (TPSA) is 417 Å². The van der Waals surface area contributed by atoms with Gasteiger partial charge in [-0.2, -0.15) is 23.5 Å². The molecule has 9 atom stereocenters. The number of H-pyrrole nitrogens is 3. The number of benzene rings is 4. The van der Waals surface area contributed by atoms with E-state index in [1.165, 1.54) is 104 Å². The van der Waals surface area contributed by atoms with Gasteiger partial charge < -0.3 is 78.4 Å². The van der Waals surface area contributed by atoms with Crippen molar-refractivity contribution in [1.29, 1.82) is 0 Å². The van der Waals surface area contributed by atoms with Crippen molar-refractivity contribution in [3.63, 3.8) is 0 Å². The number of rotatable bonds is 16. The summed E-state index contributed by atoms with van der Waals surface area (Å²) in [7, 11) is 1.47. The van der Waals surface area contributed by atoms with Crippen molar-refractivity contribution in [2.24, 2.45) is 17.4 Å². The highest BCUT2D eigenvalue weighted by Crippen LogP contribution is 2.32. The summed E-state index contributed by atoms with van der Waals surface area (Å²) in [4.78, 5) is 173.